The predicted molar refractivity (Wildman–Crippen MR) is 86.7 cm³/mol. The number of hydrogen-bond donors (Lipinski definition) is 0. The van der Waals surface area contributed by atoms with Crippen LogP contribution in [0.25, 0.3) is 0 Å². The van der Waals surface area contributed by atoms with E-state index in [1.165, 1.54) is 19.8 Å². The number of esters is 1. The summed E-state index contributed by atoms with van der Waals surface area (Å²) in [7, 11) is 2.87. The lowest BCUT2D eigenvalue weighted by Gasteiger charge is -2.32. The Kier molecular flexibility index (Phi) is 5.42. The van der Waals surface area contributed by atoms with Gasteiger partial charge >= 0.3 is 5.97 Å². The van der Waals surface area contributed by atoms with Gasteiger partial charge in [-0.3, -0.25) is 0 Å². The molecule has 0 radical (unpaired) electrons. The number of methoxy groups -OCH3 is 2. The highest BCUT2D eigenvalue weighted by molar-refractivity contribution is 5.80. The molecule has 0 aliphatic rings. The highest BCUT2D eigenvalue weighted by Crippen LogP contribution is 2.31. The fourth-order valence-corrected chi connectivity index (χ4v) is 2.14. The summed E-state index contributed by atoms with van der Waals surface area (Å²) in [5.74, 6) is -2.11. The van der Waals surface area contributed by atoms with Crippen LogP contribution in [0.4, 0.5) is 0 Å². The number of rotatable bonds is 4. The van der Waals surface area contributed by atoms with Crippen LogP contribution >= 0.6 is 0 Å². The molecule has 1 aromatic carbocycles. The first-order valence-electron chi connectivity index (χ1n) is 7.41. The molecule has 0 N–H and O–H groups in total. The fourth-order valence-electron chi connectivity index (χ4n) is 2.14. The smallest absolute Gasteiger partial charge is 0.372 e. The second-order valence-corrected chi connectivity index (χ2v) is 7.35. The SMILES string of the molecule is COC(OC)(C(=O)OC(C)(C)C)c1ccc(C(C)(C)C)cc1. The Morgan fingerprint density at radius 2 is 1.23 bits per heavy atom. The van der Waals surface area contributed by atoms with Crippen molar-refractivity contribution in [3.05, 3.63) is 35.4 Å². The summed E-state index contributed by atoms with van der Waals surface area (Å²) >= 11 is 0. The maximum Gasteiger partial charge on any atom is 0.372 e. The Bertz CT molecular complexity index is 499. The lowest BCUT2D eigenvalue weighted by molar-refractivity contribution is -0.243. The largest absolute Gasteiger partial charge is 0.456 e. The molecule has 1 rings (SSSR count). The third kappa shape index (κ3) is 4.08. The number of hydrogen-bond acceptors (Lipinski definition) is 4. The fraction of sp³-hybridized carbons (Fsp3) is 0.611. The van der Waals surface area contributed by atoms with E-state index in [9.17, 15) is 4.79 Å². The molecular weight excluding hydrogens is 280 g/mol. The molecule has 0 aromatic heterocycles. The Hall–Kier alpha value is -1.39. The monoisotopic (exact) mass is 308 g/mol. The normalized spacial score (nSPS) is 13.1. The lowest BCUT2D eigenvalue weighted by atomic mass is 9.86. The Morgan fingerprint density at radius 1 is 0.818 bits per heavy atom. The molecule has 0 aliphatic carbocycles. The average molecular weight is 308 g/mol. The van der Waals surface area contributed by atoms with Crippen molar-refractivity contribution in [3.63, 3.8) is 0 Å². The van der Waals surface area contributed by atoms with Crippen LogP contribution in [0.1, 0.15) is 52.7 Å². The first-order chi connectivity index (χ1) is 9.96. The topological polar surface area (TPSA) is 44.8 Å². The first kappa shape index (κ1) is 18.7. The number of carbonyl (C=O) groups is 1. The van der Waals surface area contributed by atoms with Crippen molar-refractivity contribution in [1.82, 2.24) is 0 Å². The standard InChI is InChI=1S/C18H28O4/c1-16(2,3)13-9-11-14(12-10-13)18(20-7,21-8)15(19)22-17(4,5)6/h9-12H,1-8H3. The summed E-state index contributed by atoms with van der Waals surface area (Å²) < 4.78 is 16.3. The van der Waals surface area contributed by atoms with E-state index >= 15 is 0 Å². The third-order valence-corrected chi connectivity index (χ3v) is 3.37. The van der Waals surface area contributed by atoms with Crippen molar-refractivity contribution >= 4 is 5.97 Å². The van der Waals surface area contributed by atoms with Gasteiger partial charge in [0.1, 0.15) is 5.60 Å². The molecule has 0 amide bonds. The van der Waals surface area contributed by atoms with Gasteiger partial charge in [0.2, 0.25) is 0 Å². The van der Waals surface area contributed by atoms with Crippen molar-refractivity contribution < 1.29 is 19.0 Å². The minimum Gasteiger partial charge on any atom is -0.456 e. The highest BCUT2D eigenvalue weighted by Gasteiger charge is 2.44. The highest BCUT2D eigenvalue weighted by atomic mass is 16.7. The van der Waals surface area contributed by atoms with E-state index in [-0.39, 0.29) is 5.41 Å². The predicted octanol–water partition coefficient (Wildman–Crippen LogP) is 3.77. The van der Waals surface area contributed by atoms with E-state index in [0.717, 1.165) is 0 Å². The lowest BCUT2D eigenvalue weighted by Crippen LogP contribution is -2.44. The van der Waals surface area contributed by atoms with Crippen LogP contribution in [0.3, 0.4) is 0 Å². The zero-order valence-electron chi connectivity index (χ0n) is 14.9. The first-order valence-corrected chi connectivity index (χ1v) is 7.41. The summed E-state index contributed by atoms with van der Waals surface area (Å²) in [4.78, 5) is 12.6. The average Bonchev–Trinajstić information content (AvgIpc) is 2.38. The van der Waals surface area contributed by atoms with Gasteiger partial charge < -0.3 is 14.2 Å². The Morgan fingerprint density at radius 3 is 1.55 bits per heavy atom. The van der Waals surface area contributed by atoms with Crippen molar-refractivity contribution in [2.75, 3.05) is 14.2 Å². The third-order valence-electron chi connectivity index (χ3n) is 3.37. The number of carbonyl (C=O) groups excluding carboxylic acids is 1. The van der Waals surface area contributed by atoms with Crippen LogP contribution in [0.5, 0.6) is 0 Å². The van der Waals surface area contributed by atoms with Gasteiger partial charge in [-0.2, -0.15) is 0 Å². The molecule has 0 saturated carbocycles. The van der Waals surface area contributed by atoms with Crippen LogP contribution in [0.15, 0.2) is 24.3 Å². The van der Waals surface area contributed by atoms with E-state index in [1.807, 2.05) is 45.0 Å². The van der Waals surface area contributed by atoms with Crippen LogP contribution < -0.4 is 0 Å². The Labute approximate surface area is 133 Å². The molecule has 1 aromatic rings. The van der Waals surface area contributed by atoms with Crippen LogP contribution in [0, 0.1) is 0 Å². The summed E-state index contributed by atoms with van der Waals surface area (Å²) in [5.41, 5.74) is 1.19. The van der Waals surface area contributed by atoms with Gasteiger partial charge in [-0.05, 0) is 31.7 Å². The Balaban J connectivity index is 3.22. The molecule has 4 nitrogen and oxygen atoms in total. The second kappa shape index (κ2) is 6.39. The molecular formula is C18H28O4. The van der Waals surface area contributed by atoms with Crippen LogP contribution in [-0.2, 0) is 30.2 Å². The quantitative estimate of drug-likeness (QED) is 0.627. The molecule has 0 bridgehead atoms. The summed E-state index contributed by atoms with van der Waals surface area (Å²) in [6.45, 7) is 11.8. The molecule has 0 saturated heterocycles. The zero-order valence-corrected chi connectivity index (χ0v) is 14.9. The van der Waals surface area contributed by atoms with Gasteiger partial charge in [-0.25, -0.2) is 4.79 Å². The van der Waals surface area contributed by atoms with Gasteiger partial charge in [0.25, 0.3) is 5.79 Å². The molecule has 0 aliphatic heterocycles. The van der Waals surface area contributed by atoms with Gasteiger partial charge in [0.15, 0.2) is 0 Å². The zero-order chi connectivity index (χ0) is 17.2. The number of ether oxygens (including phenoxy) is 3. The van der Waals surface area contributed by atoms with Gasteiger partial charge in [0.05, 0.1) is 0 Å². The van der Waals surface area contributed by atoms with Crippen molar-refractivity contribution in [2.45, 2.75) is 58.3 Å². The maximum atomic E-state index is 12.6. The van der Waals surface area contributed by atoms with Crippen molar-refractivity contribution in [2.24, 2.45) is 0 Å². The van der Waals surface area contributed by atoms with E-state index in [0.29, 0.717) is 5.56 Å². The maximum absolute atomic E-state index is 12.6. The molecule has 0 spiro atoms. The van der Waals surface area contributed by atoms with Crippen molar-refractivity contribution in [1.29, 1.82) is 0 Å². The minimum absolute atomic E-state index is 0.0350. The van der Waals surface area contributed by atoms with Gasteiger partial charge in [0, 0.05) is 19.8 Å². The summed E-state index contributed by atoms with van der Waals surface area (Å²) in [5, 5.41) is 0. The summed E-state index contributed by atoms with van der Waals surface area (Å²) in [6.07, 6.45) is 0. The van der Waals surface area contributed by atoms with E-state index in [1.54, 1.807) is 0 Å². The van der Waals surface area contributed by atoms with Gasteiger partial charge in [-0.1, -0.05) is 45.0 Å². The molecule has 0 heterocycles. The van der Waals surface area contributed by atoms with Crippen LogP contribution in [-0.4, -0.2) is 25.8 Å². The molecule has 0 fully saturated rings. The molecule has 22 heavy (non-hydrogen) atoms. The van der Waals surface area contributed by atoms with Gasteiger partial charge in [-0.15, -0.1) is 0 Å². The molecule has 0 unspecified atom stereocenters. The molecule has 124 valence electrons. The van der Waals surface area contributed by atoms with E-state index in [2.05, 4.69) is 20.8 Å². The van der Waals surface area contributed by atoms with Crippen LogP contribution in [0.2, 0.25) is 0 Å². The second-order valence-electron chi connectivity index (χ2n) is 7.35. The van der Waals surface area contributed by atoms with Crippen molar-refractivity contribution in [3.8, 4) is 0 Å². The molecule has 0 atom stereocenters. The molecule has 4 heteroatoms. The van der Waals surface area contributed by atoms with E-state index in [4.69, 9.17) is 14.2 Å². The summed E-state index contributed by atoms with van der Waals surface area (Å²) in [6, 6.07) is 7.65. The van der Waals surface area contributed by atoms with E-state index < -0.39 is 17.4 Å². The number of benzene rings is 1. The minimum atomic E-state index is -1.55.